The third kappa shape index (κ3) is 3.44. The Morgan fingerprint density at radius 2 is 2.06 bits per heavy atom. The van der Waals surface area contributed by atoms with Crippen LogP contribution in [0.1, 0.15) is 12.0 Å². The second kappa shape index (κ2) is 6.18. The van der Waals surface area contributed by atoms with Crippen LogP contribution in [0.3, 0.4) is 0 Å². The summed E-state index contributed by atoms with van der Waals surface area (Å²) in [6.07, 6.45) is 1.21. The highest BCUT2D eigenvalue weighted by Crippen LogP contribution is 2.13. The molecule has 0 spiro atoms. The predicted octanol–water partition coefficient (Wildman–Crippen LogP) is 2.04. The molecule has 0 radical (unpaired) electrons. The van der Waals surface area contributed by atoms with E-state index in [1.807, 2.05) is 19.2 Å². The third-order valence-electron chi connectivity index (χ3n) is 3.00. The lowest BCUT2D eigenvalue weighted by atomic mass is 10.2. The molecule has 0 saturated carbocycles. The maximum atomic E-state index is 12.7. The van der Waals surface area contributed by atoms with E-state index < -0.39 is 0 Å². The second-order valence-electron chi connectivity index (χ2n) is 4.14. The molecule has 16 heavy (non-hydrogen) atoms. The number of rotatable bonds is 3. The van der Waals surface area contributed by atoms with Gasteiger partial charge in [-0.3, -0.25) is 4.90 Å². The molecule has 0 amide bonds. The summed E-state index contributed by atoms with van der Waals surface area (Å²) in [6, 6.07) is 7.40. The maximum absolute atomic E-state index is 12.7. The number of hydrogen-bond donors (Lipinski definition) is 1. The molecule has 1 aromatic carbocycles. The van der Waals surface area contributed by atoms with Crippen LogP contribution < -0.4 is 5.32 Å². The Morgan fingerprint density at radius 3 is 2.62 bits per heavy atom. The molecule has 1 N–H and O–H groups in total. The van der Waals surface area contributed by atoms with E-state index in [1.54, 1.807) is 0 Å². The molecular formula is C12H18ClFN2. The van der Waals surface area contributed by atoms with Gasteiger partial charge in [0, 0.05) is 25.7 Å². The average Bonchev–Trinajstić information content (AvgIpc) is 2.69. The first-order valence-corrected chi connectivity index (χ1v) is 5.42. The summed E-state index contributed by atoms with van der Waals surface area (Å²) in [7, 11) is 2.01. The fraction of sp³-hybridized carbons (Fsp3) is 0.500. The SMILES string of the molecule is CNC1CCN(Cc2ccc(F)cc2)C1.Cl. The van der Waals surface area contributed by atoms with Gasteiger partial charge in [-0.25, -0.2) is 4.39 Å². The quantitative estimate of drug-likeness (QED) is 0.876. The van der Waals surface area contributed by atoms with Crippen LogP contribution in [0.15, 0.2) is 24.3 Å². The molecule has 1 fully saturated rings. The van der Waals surface area contributed by atoms with Gasteiger partial charge in [-0.1, -0.05) is 12.1 Å². The minimum absolute atomic E-state index is 0. The number of halogens is 2. The average molecular weight is 245 g/mol. The smallest absolute Gasteiger partial charge is 0.123 e. The summed E-state index contributed by atoms with van der Waals surface area (Å²) in [5.41, 5.74) is 1.19. The molecule has 1 aliphatic heterocycles. The molecular weight excluding hydrogens is 227 g/mol. The summed E-state index contributed by atoms with van der Waals surface area (Å²) >= 11 is 0. The molecule has 90 valence electrons. The van der Waals surface area contributed by atoms with Gasteiger partial charge in [0.05, 0.1) is 0 Å². The van der Waals surface area contributed by atoms with Crippen molar-refractivity contribution in [1.29, 1.82) is 0 Å². The number of nitrogens with zero attached hydrogens (tertiary/aromatic N) is 1. The lowest BCUT2D eigenvalue weighted by Gasteiger charge is -2.15. The van der Waals surface area contributed by atoms with Gasteiger partial charge >= 0.3 is 0 Å². The van der Waals surface area contributed by atoms with Crippen LogP contribution in [0.2, 0.25) is 0 Å². The lowest BCUT2D eigenvalue weighted by molar-refractivity contribution is 0.322. The highest BCUT2D eigenvalue weighted by molar-refractivity contribution is 5.85. The van der Waals surface area contributed by atoms with Crippen molar-refractivity contribution in [2.45, 2.75) is 19.0 Å². The van der Waals surface area contributed by atoms with Gasteiger partial charge in [0.2, 0.25) is 0 Å². The van der Waals surface area contributed by atoms with Crippen molar-refractivity contribution < 1.29 is 4.39 Å². The number of benzene rings is 1. The van der Waals surface area contributed by atoms with Crippen molar-refractivity contribution in [3.63, 3.8) is 0 Å². The summed E-state index contributed by atoms with van der Waals surface area (Å²) in [5.74, 6) is -0.159. The van der Waals surface area contributed by atoms with Crippen molar-refractivity contribution in [3.8, 4) is 0 Å². The monoisotopic (exact) mass is 244 g/mol. The van der Waals surface area contributed by atoms with E-state index in [0.717, 1.165) is 19.6 Å². The lowest BCUT2D eigenvalue weighted by Crippen LogP contribution is -2.29. The Kier molecular flexibility index (Phi) is 5.19. The fourth-order valence-electron chi connectivity index (χ4n) is 2.06. The van der Waals surface area contributed by atoms with E-state index in [1.165, 1.54) is 24.1 Å². The van der Waals surface area contributed by atoms with E-state index >= 15 is 0 Å². The number of hydrogen-bond acceptors (Lipinski definition) is 2. The summed E-state index contributed by atoms with van der Waals surface area (Å²) in [5, 5.41) is 3.29. The summed E-state index contributed by atoms with van der Waals surface area (Å²) in [4.78, 5) is 2.40. The van der Waals surface area contributed by atoms with E-state index in [4.69, 9.17) is 0 Å². The minimum Gasteiger partial charge on any atom is -0.316 e. The van der Waals surface area contributed by atoms with Crippen LogP contribution in [-0.4, -0.2) is 31.1 Å². The fourth-order valence-corrected chi connectivity index (χ4v) is 2.06. The van der Waals surface area contributed by atoms with Crippen molar-refractivity contribution >= 4 is 12.4 Å². The molecule has 1 unspecified atom stereocenters. The molecule has 1 heterocycles. The van der Waals surface area contributed by atoms with Crippen molar-refractivity contribution in [2.75, 3.05) is 20.1 Å². The first-order chi connectivity index (χ1) is 7.28. The zero-order chi connectivity index (χ0) is 10.7. The Labute approximate surface area is 102 Å². The first-order valence-electron chi connectivity index (χ1n) is 5.42. The van der Waals surface area contributed by atoms with E-state index in [2.05, 4.69) is 10.2 Å². The molecule has 1 atom stereocenters. The molecule has 1 saturated heterocycles. The second-order valence-corrected chi connectivity index (χ2v) is 4.14. The standard InChI is InChI=1S/C12H17FN2.ClH/c1-14-12-6-7-15(9-12)8-10-2-4-11(13)5-3-10;/h2-5,12,14H,6-9H2,1H3;1H. The van der Waals surface area contributed by atoms with Crippen molar-refractivity contribution in [1.82, 2.24) is 10.2 Å². The molecule has 2 rings (SSSR count). The Hall–Kier alpha value is -0.640. The largest absolute Gasteiger partial charge is 0.316 e. The number of likely N-dealkylation sites (tertiary alicyclic amines) is 1. The third-order valence-corrected chi connectivity index (χ3v) is 3.00. The molecule has 0 aliphatic carbocycles. The van der Waals surface area contributed by atoms with Crippen LogP contribution in [0.25, 0.3) is 0 Å². The van der Waals surface area contributed by atoms with Crippen LogP contribution in [-0.2, 0) is 6.54 Å². The maximum Gasteiger partial charge on any atom is 0.123 e. The topological polar surface area (TPSA) is 15.3 Å². The first kappa shape index (κ1) is 13.4. The van der Waals surface area contributed by atoms with Crippen molar-refractivity contribution in [3.05, 3.63) is 35.6 Å². The highest BCUT2D eigenvalue weighted by atomic mass is 35.5. The van der Waals surface area contributed by atoms with Crippen molar-refractivity contribution in [2.24, 2.45) is 0 Å². The predicted molar refractivity (Wildman–Crippen MR) is 66.4 cm³/mol. The zero-order valence-corrected chi connectivity index (χ0v) is 10.3. The van der Waals surface area contributed by atoms with Gasteiger partial charge in [-0.2, -0.15) is 0 Å². The Morgan fingerprint density at radius 1 is 1.38 bits per heavy atom. The molecule has 1 aliphatic rings. The normalized spacial score (nSPS) is 20.8. The van der Waals surface area contributed by atoms with Crippen LogP contribution in [0.4, 0.5) is 4.39 Å². The van der Waals surface area contributed by atoms with Gasteiger partial charge < -0.3 is 5.32 Å². The van der Waals surface area contributed by atoms with Gasteiger partial charge in [0.1, 0.15) is 5.82 Å². The van der Waals surface area contributed by atoms with Gasteiger partial charge in [-0.05, 0) is 31.2 Å². The van der Waals surface area contributed by atoms with Crippen LogP contribution >= 0.6 is 12.4 Å². The molecule has 0 aromatic heterocycles. The Bertz CT molecular complexity index is 315. The minimum atomic E-state index is -0.159. The van der Waals surface area contributed by atoms with Gasteiger partial charge in [0.15, 0.2) is 0 Å². The molecule has 1 aromatic rings. The number of nitrogens with one attached hydrogen (secondary N) is 1. The van der Waals surface area contributed by atoms with E-state index in [0.29, 0.717) is 6.04 Å². The van der Waals surface area contributed by atoms with Gasteiger partial charge in [-0.15, -0.1) is 12.4 Å². The highest BCUT2D eigenvalue weighted by Gasteiger charge is 2.20. The summed E-state index contributed by atoms with van der Waals surface area (Å²) in [6.45, 7) is 3.15. The Balaban J connectivity index is 0.00000128. The molecule has 0 bridgehead atoms. The van der Waals surface area contributed by atoms with Gasteiger partial charge in [0.25, 0.3) is 0 Å². The van der Waals surface area contributed by atoms with Crippen LogP contribution in [0, 0.1) is 5.82 Å². The van der Waals surface area contributed by atoms with E-state index in [-0.39, 0.29) is 18.2 Å². The zero-order valence-electron chi connectivity index (χ0n) is 9.45. The molecule has 4 heteroatoms. The van der Waals surface area contributed by atoms with Crippen LogP contribution in [0.5, 0.6) is 0 Å². The summed E-state index contributed by atoms with van der Waals surface area (Å²) < 4.78 is 12.7. The van der Waals surface area contributed by atoms with E-state index in [9.17, 15) is 4.39 Å². The molecule has 2 nitrogen and oxygen atoms in total. The number of likely N-dealkylation sites (N-methyl/N-ethyl adjacent to an activating group) is 1.